The standard InChI is InChI=1S/C14H19N5OS/c1-5-19-6-10(8(2)17-19)13-12-9(3)16-18(4)14(12)15-11(20)7-21-13/h6,13H,5,7H2,1-4H3,(H,15,20)/t13-/m0/s1. The van der Waals surface area contributed by atoms with Gasteiger partial charge in [0, 0.05) is 30.9 Å². The van der Waals surface area contributed by atoms with E-state index in [1.54, 1.807) is 16.4 Å². The summed E-state index contributed by atoms with van der Waals surface area (Å²) in [5.41, 5.74) is 4.22. The van der Waals surface area contributed by atoms with Gasteiger partial charge in [0.15, 0.2) is 0 Å². The zero-order valence-corrected chi connectivity index (χ0v) is 13.5. The maximum absolute atomic E-state index is 11.9. The van der Waals surface area contributed by atoms with E-state index in [1.807, 2.05) is 25.6 Å². The largest absolute Gasteiger partial charge is 0.310 e. The SMILES string of the molecule is CCn1cc([C@@H]2SCC(=O)Nc3c2c(C)nn3C)c(C)n1. The van der Waals surface area contributed by atoms with Gasteiger partial charge in [-0.1, -0.05) is 0 Å². The number of nitrogens with one attached hydrogen (secondary N) is 1. The second kappa shape index (κ2) is 5.22. The molecule has 0 aromatic carbocycles. The van der Waals surface area contributed by atoms with E-state index >= 15 is 0 Å². The number of hydrogen-bond acceptors (Lipinski definition) is 4. The Labute approximate surface area is 127 Å². The molecule has 6 nitrogen and oxygen atoms in total. The molecule has 2 aromatic heterocycles. The minimum absolute atomic E-state index is 0.0206. The number of amides is 1. The zero-order chi connectivity index (χ0) is 15.1. The summed E-state index contributed by atoms with van der Waals surface area (Å²) in [5.74, 6) is 1.26. The fourth-order valence-electron chi connectivity index (χ4n) is 2.75. The summed E-state index contributed by atoms with van der Waals surface area (Å²) >= 11 is 1.63. The smallest absolute Gasteiger partial charge is 0.235 e. The second-order valence-electron chi connectivity index (χ2n) is 5.24. The Kier molecular flexibility index (Phi) is 3.52. The predicted octanol–water partition coefficient (Wildman–Crippen LogP) is 2.03. The number of nitrogens with zero attached hydrogens (tertiary/aromatic N) is 4. The maximum atomic E-state index is 11.9. The molecule has 1 aliphatic heterocycles. The Morgan fingerprint density at radius 2 is 2.14 bits per heavy atom. The first-order valence-electron chi connectivity index (χ1n) is 7.00. The van der Waals surface area contributed by atoms with E-state index in [4.69, 9.17) is 0 Å². The quantitative estimate of drug-likeness (QED) is 0.922. The number of thioether (sulfide) groups is 1. The van der Waals surface area contributed by atoms with Crippen LogP contribution in [-0.4, -0.2) is 31.2 Å². The number of anilines is 1. The third kappa shape index (κ3) is 2.35. The van der Waals surface area contributed by atoms with E-state index in [1.165, 1.54) is 0 Å². The third-order valence-corrected chi connectivity index (χ3v) is 5.01. The Morgan fingerprint density at radius 1 is 1.38 bits per heavy atom. The van der Waals surface area contributed by atoms with Crippen molar-refractivity contribution >= 4 is 23.5 Å². The summed E-state index contributed by atoms with van der Waals surface area (Å²) in [7, 11) is 1.86. The van der Waals surface area contributed by atoms with Gasteiger partial charge in [-0.3, -0.25) is 14.2 Å². The molecule has 0 unspecified atom stereocenters. The molecule has 0 fully saturated rings. The third-order valence-electron chi connectivity index (χ3n) is 3.76. The molecule has 1 amide bonds. The first kappa shape index (κ1) is 14.2. The van der Waals surface area contributed by atoms with Gasteiger partial charge in [-0.2, -0.15) is 10.2 Å². The highest BCUT2D eigenvalue weighted by Crippen LogP contribution is 2.43. The normalized spacial score (nSPS) is 18.3. The van der Waals surface area contributed by atoms with Crippen LogP contribution < -0.4 is 5.32 Å². The van der Waals surface area contributed by atoms with Gasteiger partial charge >= 0.3 is 0 Å². The molecular formula is C14H19N5OS. The van der Waals surface area contributed by atoms with E-state index in [9.17, 15) is 4.79 Å². The topological polar surface area (TPSA) is 64.7 Å². The Morgan fingerprint density at radius 3 is 2.81 bits per heavy atom. The van der Waals surface area contributed by atoms with Crippen LogP contribution in [0.3, 0.4) is 0 Å². The van der Waals surface area contributed by atoms with Crippen LogP contribution in [0.4, 0.5) is 5.82 Å². The molecule has 1 atom stereocenters. The second-order valence-corrected chi connectivity index (χ2v) is 6.33. The Balaban J connectivity index is 2.14. The lowest BCUT2D eigenvalue weighted by molar-refractivity contribution is -0.113. The van der Waals surface area contributed by atoms with Crippen LogP contribution in [0.5, 0.6) is 0 Å². The molecule has 0 radical (unpaired) electrons. The van der Waals surface area contributed by atoms with Gasteiger partial charge in [0.05, 0.1) is 22.4 Å². The average Bonchev–Trinajstić information content (AvgIpc) is 2.86. The highest BCUT2D eigenvalue weighted by Gasteiger charge is 2.31. The molecule has 1 aliphatic rings. The molecule has 0 bridgehead atoms. The number of carbonyl (C=O) groups is 1. The lowest BCUT2D eigenvalue weighted by atomic mass is 10.1. The number of aromatic nitrogens is 4. The Bertz CT molecular complexity index is 703. The summed E-state index contributed by atoms with van der Waals surface area (Å²) < 4.78 is 3.69. The molecule has 7 heteroatoms. The van der Waals surface area contributed by atoms with Crippen LogP contribution in [-0.2, 0) is 18.4 Å². The van der Waals surface area contributed by atoms with Crippen molar-refractivity contribution in [3.63, 3.8) is 0 Å². The monoisotopic (exact) mass is 305 g/mol. The number of fused-ring (bicyclic) bond motifs is 1. The molecule has 2 aromatic rings. The van der Waals surface area contributed by atoms with Crippen molar-refractivity contribution < 1.29 is 4.79 Å². The van der Waals surface area contributed by atoms with Crippen molar-refractivity contribution in [3.8, 4) is 0 Å². The zero-order valence-electron chi connectivity index (χ0n) is 12.7. The minimum atomic E-state index is 0.0206. The van der Waals surface area contributed by atoms with Crippen LogP contribution in [0.1, 0.15) is 34.7 Å². The summed E-state index contributed by atoms with van der Waals surface area (Å²) in [5, 5.41) is 12.1. The molecule has 1 N–H and O–H groups in total. The predicted molar refractivity (Wildman–Crippen MR) is 83.5 cm³/mol. The molecule has 0 aliphatic carbocycles. The Hall–Kier alpha value is -1.76. The molecule has 0 saturated carbocycles. The van der Waals surface area contributed by atoms with Crippen LogP contribution in [0.25, 0.3) is 0 Å². The van der Waals surface area contributed by atoms with Crippen molar-refractivity contribution in [1.82, 2.24) is 19.6 Å². The van der Waals surface area contributed by atoms with E-state index in [-0.39, 0.29) is 11.2 Å². The van der Waals surface area contributed by atoms with Crippen molar-refractivity contribution in [2.24, 2.45) is 7.05 Å². The highest BCUT2D eigenvalue weighted by atomic mass is 32.2. The van der Waals surface area contributed by atoms with Crippen LogP contribution in [0, 0.1) is 13.8 Å². The lowest BCUT2D eigenvalue weighted by Crippen LogP contribution is -2.15. The van der Waals surface area contributed by atoms with Crippen LogP contribution in [0.15, 0.2) is 6.20 Å². The fourth-order valence-corrected chi connectivity index (χ4v) is 4.00. The minimum Gasteiger partial charge on any atom is -0.310 e. The van der Waals surface area contributed by atoms with Crippen LogP contribution in [0.2, 0.25) is 0 Å². The molecule has 3 rings (SSSR count). The van der Waals surface area contributed by atoms with Gasteiger partial charge < -0.3 is 5.32 Å². The molecule has 0 saturated heterocycles. The first-order chi connectivity index (χ1) is 10.0. The summed E-state index contributed by atoms with van der Waals surface area (Å²) in [6.45, 7) is 6.92. The van der Waals surface area contributed by atoms with Crippen LogP contribution >= 0.6 is 11.8 Å². The van der Waals surface area contributed by atoms with Gasteiger partial charge in [0.1, 0.15) is 5.82 Å². The van der Waals surface area contributed by atoms with Gasteiger partial charge in [-0.15, -0.1) is 11.8 Å². The highest BCUT2D eigenvalue weighted by molar-refractivity contribution is 8.00. The van der Waals surface area contributed by atoms with Crippen molar-refractivity contribution in [3.05, 3.63) is 28.7 Å². The van der Waals surface area contributed by atoms with Gasteiger partial charge in [0.25, 0.3) is 0 Å². The summed E-state index contributed by atoms with van der Waals surface area (Å²) in [4.78, 5) is 11.9. The van der Waals surface area contributed by atoms with E-state index in [0.29, 0.717) is 5.75 Å². The number of aryl methyl sites for hydroxylation is 4. The fraction of sp³-hybridized carbons (Fsp3) is 0.500. The van der Waals surface area contributed by atoms with Gasteiger partial charge in [-0.05, 0) is 20.8 Å². The van der Waals surface area contributed by atoms with Crippen molar-refractivity contribution in [1.29, 1.82) is 0 Å². The molecular weight excluding hydrogens is 286 g/mol. The number of carbonyl (C=O) groups excluding carboxylic acids is 1. The summed E-state index contributed by atoms with van der Waals surface area (Å²) in [6.07, 6.45) is 2.08. The maximum Gasteiger partial charge on any atom is 0.235 e. The van der Waals surface area contributed by atoms with Gasteiger partial charge in [-0.25, -0.2) is 0 Å². The van der Waals surface area contributed by atoms with Crippen molar-refractivity contribution in [2.75, 3.05) is 11.1 Å². The van der Waals surface area contributed by atoms with Gasteiger partial charge in [0.2, 0.25) is 5.91 Å². The van der Waals surface area contributed by atoms with E-state index < -0.39 is 0 Å². The molecule has 21 heavy (non-hydrogen) atoms. The van der Waals surface area contributed by atoms with E-state index in [0.717, 1.165) is 34.9 Å². The lowest BCUT2D eigenvalue weighted by Gasteiger charge is -2.13. The first-order valence-corrected chi connectivity index (χ1v) is 8.05. The molecule has 0 spiro atoms. The van der Waals surface area contributed by atoms with Crippen molar-refractivity contribution in [2.45, 2.75) is 32.6 Å². The number of hydrogen-bond donors (Lipinski definition) is 1. The molecule has 3 heterocycles. The number of rotatable bonds is 2. The van der Waals surface area contributed by atoms with E-state index in [2.05, 4.69) is 28.6 Å². The average molecular weight is 305 g/mol. The summed E-state index contributed by atoms with van der Waals surface area (Å²) in [6, 6.07) is 0. The molecule has 112 valence electrons.